The van der Waals surface area contributed by atoms with E-state index in [9.17, 15) is 9.59 Å². The van der Waals surface area contributed by atoms with Crippen molar-refractivity contribution in [2.24, 2.45) is 0 Å². The number of esters is 1. The molecule has 0 bridgehead atoms. The van der Waals surface area contributed by atoms with Gasteiger partial charge in [0.1, 0.15) is 4.88 Å². The SMILES string of the molecule is O=C(COC(=O)c1cc2c(s1)CCCC2)Nc1nc(-c2cccs2)cs1. The molecule has 0 atom stereocenters. The molecule has 8 heteroatoms. The Bertz CT molecular complexity index is 904. The number of carbonyl (C=O) groups is 2. The summed E-state index contributed by atoms with van der Waals surface area (Å²) < 4.78 is 5.16. The molecule has 0 radical (unpaired) electrons. The van der Waals surface area contributed by atoms with E-state index in [0.29, 0.717) is 10.0 Å². The largest absolute Gasteiger partial charge is 0.451 e. The number of nitrogens with one attached hydrogen (secondary N) is 1. The van der Waals surface area contributed by atoms with E-state index in [2.05, 4.69) is 10.3 Å². The van der Waals surface area contributed by atoms with Gasteiger partial charge in [0.2, 0.25) is 0 Å². The fourth-order valence-corrected chi connectivity index (χ4v) is 5.45. The quantitative estimate of drug-likeness (QED) is 0.631. The first kappa shape index (κ1) is 17.4. The van der Waals surface area contributed by atoms with Crippen LogP contribution in [0.3, 0.4) is 0 Å². The van der Waals surface area contributed by atoms with Gasteiger partial charge in [-0.1, -0.05) is 6.07 Å². The van der Waals surface area contributed by atoms with E-state index in [-0.39, 0.29) is 12.5 Å². The number of rotatable bonds is 5. The van der Waals surface area contributed by atoms with Gasteiger partial charge in [-0.2, -0.15) is 0 Å². The number of ether oxygens (including phenoxy) is 1. The van der Waals surface area contributed by atoms with Gasteiger partial charge in [-0.05, 0) is 48.8 Å². The van der Waals surface area contributed by atoms with Gasteiger partial charge in [-0.3, -0.25) is 10.1 Å². The van der Waals surface area contributed by atoms with Crippen molar-refractivity contribution in [3.8, 4) is 10.6 Å². The highest BCUT2D eigenvalue weighted by Crippen LogP contribution is 2.30. The van der Waals surface area contributed by atoms with Crippen molar-refractivity contribution in [2.75, 3.05) is 11.9 Å². The van der Waals surface area contributed by atoms with E-state index >= 15 is 0 Å². The second-order valence-electron chi connectivity index (χ2n) is 5.91. The maximum atomic E-state index is 12.2. The molecule has 4 rings (SSSR count). The zero-order valence-corrected chi connectivity index (χ0v) is 16.3. The van der Waals surface area contributed by atoms with Crippen molar-refractivity contribution < 1.29 is 14.3 Å². The van der Waals surface area contributed by atoms with Gasteiger partial charge in [0.15, 0.2) is 11.7 Å². The van der Waals surface area contributed by atoms with Crippen molar-refractivity contribution in [1.29, 1.82) is 0 Å². The Morgan fingerprint density at radius 2 is 2.12 bits per heavy atom. The molecule has 0 saturated carbocycles. The molecule has 134 valence electrons. The Kier molecular flexibility index (Phi) is 5.14. The summed E-state index contributed by atoms with van der Waals surface area (Å²) in [6.07, 6.45) is 4.40. The predicted molar refractivity (Wildman–Crippen MR) is 105 cm³/mol. The lowest BCUT2D eigenvalue weighted by atomic mass is 9.99. The van der Waals surface area contributed by atoms with Crippen LogP contribution in [-0.2, 0) is 22.4 Å². The standard InChI is InChI=1S/C18H16N2O3S3/c21-16(20-18-19-12(10-25-18)14-6-3-7-24-14)9-23-17(22)15-8-11-4-1-2-5-13(11)26-15/h3,6-8,10H,1-2,4-5,9H2,(H,19,20,21). The number of aryl methyl sites for hydroxylation is 2. The average Bonchev–Trinajstić information content (AvgIpc) is 3.38. The molecule has 1 aliphatic rings. The van der Waals surface area contributed by atoms with E-state index < -0.39 is 5.97 Å². The Balaban J connectivity index is 1.31. The zero-order chi connectivity index (χ0) is 17.9. The molecule has 0 spiro atoms. The lowest BCUT2D eigenvalue weighted by Gasteiger charge is -2.08. The Morgan fingerprint density at radius 3 is 2.92 bits per heavy atom. The van der Waals surface area contributed by atoms with Crippen LogP contribution in [0.1, 0.15) is 33.0 Å². The van der Waals surface area contributed by atoms with Crippen LogP contribution in [0.25, 0.3) is 10.6 Å². The molecule has 26 heavy (non-hydrogen) atoms. The Hall–Kier alpha value is -2.03. The molecule has 3 aromatic rings. The maximum absolute atomic E-state index is 12.2. The molecule has 0 saturated heterocycles. The third-order valence-electron chi connectivity index (χ3n) is 4.06. The number of carbonyl (C=O) groups excluding carboxylic acids is 2. The molecular formula is C18H16N2O3S3. The summed E-state index contributed by atoms with van der Waals surface area (Å²) in [6, 6.07) is 5.85. The minimum atomic E-state index is -0.432. The van der Waals surface area contributed by atoms with Gasteiger partial charge >= 0.3 is 5.97 Å². The van der Waals surface area contributed by atoms with Crippen LogP contribution in [0.5, 0.6) is 0 Å². The zero-order valence-electron chi connectivity index (χ0n) is 13.8. The van der Waals surface area contributed by atoms with E-state index in [1.807, 2.05) is 29.0 Å². The van der Waals surface area contributed by atoms with Crippen LogP contribution in [0.2, 0.25) is 0 Å². The summed E-state index contributed by atoms with van der Waals surface area (Å²) >= 11 is 4.43. The third kappa shape index (κ3) is 3.87. The first-order valence-corrected chi connectivity index (χ1v) is 10.8. The number of amides is 1. The monoisotopic (exact) mass is 404 g/mol. The van der Waals surface area contributed by atoms with Crippen LogP contribution in [0.4, 0.5) is 5.13 Å². The number of thiophene rings is 2. The first-order valence-electron chi connectivity index (χ1n) is 8.27. The summed E-state index contributed by atoms with van der Waals surface area (Å²) in [4.78, 5) is 31.5. The van der Waals surface area contributed by atoms with Crippen molar-refractivity contribution in [3.63, 3.8) is 0 Å². The highest BCUT2D eigenvalue weighted by atomic mass is 32.1. The van der Waals surface area contributed by atoms with Gasteiger partial charge < -0.3 is 4.74 Å². The third-order valence-corrected chi connectivity index (χ3v) is 6.92. The number of nitrogens with zero attached hydrogens (tertiary/aromatic N) is 1. The van der Waals surface area contributed by atoms with E-state index in [4.69, 9.17) is 4.74 Å². The molecular weight excluding hydrogens is 388 g/mol. The Morgan fingerprint density at radius 1 is 1.23 bits per heavy atom. The molecule has 5 nitrogen and oxygen atoms in total. The number of thiazole rings is 1. The summed E-state index contributed by atoms with van der Waals surface area (Å²) in [7, 11) is 0. The highest BCUT2D eigenvalue weighted by molar-refractivity contribution is 7.16. The maximum Gasteiger partial charge on any atom is 0.348 e. The van der Waals surface area contributed by atoms with Crippen LogP contribution in [0.15, 0.2) is 29.0 Å². The molecule has 1 N–H and O–H groups in total. The van der Waals surface area contributed by atoms with Crippen molar-refractivity contribution in [3.05, 3.63) is 44.3 Å². The minimum Gasteiger partial charge on any atom is -0.451 e. The predicted octanol–water partition coefficient (Wildman–Crippen LogP) is 4.61. The fraction of sp³-hybridized carbons (Fsp3) is 0.278. The van der Waals surface area contributed by atoms with Gasteiger partial charge in [-0.15, -0.1) is 34.0 Å². The second-order valence-corrected chi connectivity index (χ2v) is 8.85. The van der Waals surface area contributed by atoms with Crippen molar-refractivity contribution in [1.82, 2.24) is 4.98 Å². The molecule has 0 unspecified atom stereocenters. The molecule has 3 heterocycles. The number of hydrogen-bond donors (Lipinski definition) is 1. The highest BCUT2D eigenvalue weighted by Gasteiger charge is 2.19. The summed E-state index contributed by atoms with van der Waals surface area (Å²) in [5.41, 5.74) is 2.09. The normalized spacial score (nSPS) is 13.2. The number of anilines is 1. The average molecular weight is 405 g/mol. The molecule has 3 aromatic heterocycles. The summed E-state index contributed by atoms with van der Waals surface area (Å²) in [5.74, 6) is -0.815. The Labute approximate surface area is 162 Å². The van der Waals surface area contributed by atoms with E-state index in [0.717, 1.165) is 23.4 Å². The fourth-order valence-electron chi connectivity index (χ4n) is 2.82. The molecule has 1 amide bonds. The van der Waals surface area contributed by atoms with Gasteiger partial charge in [0.05, 0.1) is 10.6 Å². The molecule has 0 aromatic carbocycles. The minimum absolute atomic E-state index is 0.310. The van der Waals surface area contributed by atoms with Crippen LogP contribution < -0.4 is 5.32 Å². The van der Waals surface area contributed by atoms with Crippen LogP contribution >= 0.6 is 34.0 Å². The number of hydrogen-bond acceptors (Lipinski definition) is 7. The van der Waals surface area contributed by atoms with Gasteiger partial charge in [0, 0.05) is 10.3 Å². The molecule has 0 aliphatic heterocycles. The molecule has 0 fully saturated rings. The van der Waals surface area contributed by atoms with Gasteiger partial charge in [0.25, 0.3) is 5.91 Å². The van der Waals surface area contributed by atoms with E-state index in [1.165, 1.54) is 46.0 Å². The van der Waals surface area contributed by atoms with Crippen molar-refractivity contribution >= 4 is 51.0 Å². The second kappa shape index (κ2) is 7.69. The summed E-state index contributed by atoms with van der Waals surface area (Å²) in [6.45, 7) is -0.310. The van der Waals surface area contributed by atoms with Crippen molar-refractivity contribution in [2.45, 2.75) is 25.7 Å². The smallest absolute Gasteiger partial charge is 0.348 e. The first-order chi connectivity index (χ1) is 12.7. The lowest BCUT2D eigenvalue weighted by molar-refractivity contribution is -0.119. The molecule has 1 aliphatic carbocycles. The lowest BCUT2D eigenvalue weighted by Crippen LogP contribution is -2.20. The van der Waals surface area contributed by atoms with Crippen LogP contribution in [-0.4, -0.2) is 23.5 Å². The van der Waals surface area contributed by atoms with Crippen LogP contribution in [0, 0.1) is 0 Å². The van der Waals surface area contributed by atoms with Gasteiger partial charge in [-0.25, -0.2) is 9.78 Å². The topological polar surface area (TPSA) is 68.3 Å². The van der Waals surface area contributed by atoms with E-state index in [1.54, 1.807) is 11.3 Å². The number of fused-ring (bicyclic) bond motifs is 1. The number of aromatic nitrogens is 1. The summed E-state index contributed by atoms with van der Waals surface area (Å²) in [5, 5.41) is 7.05.